The predicted octanol–water partition coefficient (Wildman–Crippen LogP) is 2.80. The fraction of sp³-hybridized carbons (Fsp3) is 0.562. The highest BCUT2D eigenvalue weighted by Gasteiger charge is 1.99. The Hall–Kier alpha value is -1.71. The van der Waals surface area contributed by atoms with Gasteiger partial charge in [0.1, 0.15) is 5.75 Å². The summed E-state index contributed by atoms with van der Waals surface area (Å²) in [7, 11) is 1.68. The summed E-state index contributed by atoms with van der Waals surface area (Å²) in [5.41, 5.74) is 1.17. The van der Waals surface area contributed by atoms with Crippen LogP contribution in [0.4, 0.5) is 0 Å². The standard InChI is InChI=1S/C16H27N3O/c1-5-17-16(18-11-10-13(2)3)19-12-14-6-8-15(20-4)9-7-14/h6-9,13H,5,10-12H2,1-4H3,(H2,17,18,19). The molecule has 0 fully saturated rings. The van der Waals surface area contributed by atoms with Crippen molar-refractivity contribution >= 4 is 5.96 Å². The van der Waals surface area contributed by atoms with E-state index in [1.54, 1.807) is 7.11 Å². The van der Waals surface area contributed by atoms with Crippen LogP contribution in [0.25, 0.3) is 0 Å². The van der Waals surface area contributed by atoms with Gasteiger partial charge in [0.15, 0.2) is 5.96 Å². The number of hydrogen-bond acceptors (Lipinski definition) is 2. The van der Waals surface area contributed by atoms with Crippen LogP contribution in [0.5, 0.6) is 5.75 Å². The predicted molar refractivity (Wildman–Crippen MR) is 85.3 cm³/mol. The molecule has 2 N–H and O–H groups in total. The van der Waals surface area contributed by atoms with Crippen LogP contribution in [0, 0.1) is 5.92 Å². The first-order valence-electron chi connectivity index (χ1n) is 7.30. The van der Waals surface area contributed by atoms with Crippen molar-refractivity contribution < 1.29 is 4.74 Å². The molecule has 0 unspecified atom stereocenters. The zero-order valence-corrected chi connectivity index (χ0v) is 13.1. The number of rotatable bonds is 7. The van der Waals surface area contributed by atoms with Crippen molar-refractivity contribution in [2.75, 3.05) is 20.2 Å². The van der Waals surface area contributed by atoms with E-state index in [0.29, 0.717) is 12.5 Å². The van der Waals surface area contributed by atoms with Crippen LogP contribution >= 0.6 is 0 Å². The third-order valence-corrected chi connectivity index (χ3v) is 2.94. The zero-order chi connectivity index (χ0) is 14.8. The van der Waals surface area contributed by atoms with Gasteiger partial charge in [-0.1, -0.05) is 26.0 Å². The summed E-state index contributed by atoms with van der Waals surface area (Å²) in [5, 5.41) is 6.62. The molecule has 1 aromatic carbocycles. The van der Waals surface area contributed by atoms with E-state index in [1.807, 2.05) is 24.3 Å². The summed E-state index contributed by atoms with van der Waals surface area (Å²) in [6.45, 7) is 9.02. The van der Waals surface area contributed by atoms with Gasteiger partial charge in [-0.2, -0.15) is 0 Å². The minimum atomic E-state index is 0.668. The number of aliphatic imine (C=N–C) groups is 1. The lowest BCUT2D eigenvalue weighted by Gasteiger charge is -2.12. The van der Waals surface area contributed by atoms with Crippen molar-refractivity contribution in [1.29, 1.82) is 0 Å². The van der Waals surface area contributed by atoms with Crippen molar-refractivity contribution in [3.63, 3.8) is 0 Å². The maximum atomic E-state index is 5.15. The minimum absolute atomic E-state index is 0.668. The molecular weight excluding hydrogens is 250 g/mol. The fourth-order valence-corrected chi connectivity index (χ4v) is 1.72. The lowest BCUT2D eigenvalue weighted by molar-refractivity contribution is 0.414. The van der Waals surface area contributed by atoms with Gasteiger partial charge < -0.3 is 15.4 Å². The van der Waals surface area contributed by atoms with E-state index >= 15 is 0 Å². The molecule has 0 saturated carbocycles. The third-order valence-electron chi connectivity index (χ3n) is 2.94. The summed E-state index contributed by atoms with van der Waals surface area (Å²) >= 11 is 0. The topological polar surface area (TPSA) is 45.7 Å². The van der Waals surface area contributed by atoms with Gasteiger partial charge in [-0.25, -0.2) is 4.99 Å². The molecule has 20 heavy (non-hydrogen) atoms. The fourth-order valence-electron chi connectivity index (χ4n) is 1.72. The van der Waals surface area contributed by atoms with Gasteiger partial charge in [-0.05, 0) is 37.0 Å². The van der Waals surface area contributed by atoms with Crippen LogP contribution in [-0.4, -0.2) is 26.2 Å². The molecule has 1 rings (SSSR count). The monoisotopic (exact) mass is 277 g/mol. The Bertz CT molecular complexity index is 399. The first kappa shape index (κ1) is 16.3. The Labute approximate surface area is 122 Å². The highest BCUT2D eigenvalue weighted by atomic mass is 16.5. The molecule has 112 valence electrons. The second kappa shape index (κ2) is 9.23. The van der Waals surface area contributed by atoms with Crippen molar-refractivity contribution in [3.8, 4) is 5.75 Å². The van der Waals surface area contributed by atoms with Crippen LogP contribution in [0.3, 0.4) is 0 Å². The second-order valence-electron chi connectivity index (χ2n) is 5.15. The van der Waals surface area contributed by atoms with Crippen LogP contribution in [0.2, 0.25) is 0 Å². The quantitative estimate of drug-likeness (QED) is 0.595. The van der Waals surface area contributed by atoms with Gasteiger partial charge in [0.25, 0.3) is 0 Å². The van der Waals surface area contributed by atoms with Crippen LogP contribution in [0.15, 0.2) is 29.3 Å². The maximum absolute atomic E-state index is 5.15. The number of nitrogens with one attached hydrogen (secondary N) is 2. The van der Waals surface area contributed by atoms with Gasteiger partial charge in [0, 0.05) is 13.1 Å². The Morgan fingerprint density at radius 2 is 1.90 bits per heavy atom. The van der Waals surface area contributed by atoms with E-state index in [4.69, 9.17) is 4.74 Å². The molecule has 0 aliphatic heterocycles. The molecule has 0 saturated heterocycles. The number of nitrogens with zero attached hydrogens (tertiary/aromatic N) is 1. The Morgan fingerprint density at radius 3 is 2.45 bits per heavy atom. The van der Waals surface area contributed by atoms with E-state index < -0.39 is 0 Å². The second-order valence-corrected chi connectivity index (χ2v) is 5.15. The molecule has 0 amide bonds. The number of hydrogen-bond donors (Lipinski definition) is 2. The molecule has 4 nitrogen and oxygen atoms in total. The number of benzene rings is 1. The van der Waals surface area contributed by atoms with Crippen LogP contribution in [-0.2, 0) is 6.54 Å². The normalized spacial score (nSPS) is 11.6. The van der Waals surface area contributed by atoms with Crippen LogP contribution in [0.1, 0.15) is 32.8 Å². The number of methoxy groups -OCH3 is 1. The van der Waals surface area contributed by atoms with Crippen molar-refractivity contribution in [3.05, 3.63) is 29.8 Å². The van der Waals surface area contributed by atoms with Crippen molar-refractivity contribution in [2.24, 2.45) is 10.9 Å². The first-order valence-corrected chi connectivity index (χ1v) is 7.30. The lowest BCUT2D eigenvalue weighted by Crippen LogP contribution is -2.38. The highest BCUT2D eigenvalue weighted by molar-refractivity contribution is 5.79. The average Bonchev–Trinajstić information content (AvgIpc) is 2.45. The van der Waals surface area contributed by atoms with E-state index in [2.05, 4.69) is 36.4 Å². The van der Waals surface area contributed by atoms with Gasteiger partial charge in [-0.3, -0.25) is 0 Å². The number of ether oxygens (including phenoxy) is 1. The molecule has 1 aromatic rings. The molecule has 0 aliphatic rings. The minimum Gasteiger partial charge on any atom is -0.497 e. The van der Waals surface area contributed by atoms with Gasteiger partial charge in [-0.15, -0.1) is 0 Å². The molecule has 4 heteroatoms. The summed E-state index contributed by atoms with van der Waals surface area (Å²) in [6, 6.07) is 8.01. The van der Waals surface area contributed by atoms with Crippen LogP contribution < -0.4 is 15.4 Å². The highest BCUT2D eigenvalue weighted by Crippen LogP contribution is 2.11. The SMILES string of the molecule is CCNC(=NCc1ccc(OC)cc1)NCCC(C)C. The summed E-state index contributed by atoms with van der Waals surface area (Å²) < 4.78 is 5.15. The smallest absolute Gasteiger partial charge is 0.191 e. The molecule has 0 aliphatic carbocycles. The zero-order valence-electron chi connectivity index (χ0n) is 13.1. The molecule has 0 heterocycles. The molecule has 0 radical (unpaired) electrons. The summed E-state index contributed by atoms with van der Waals surface area (Å²) in [5.74, 6) is 2.45. The van der Waals surface area contributed by atoms with E-state index in [1.165, 1.54) is 5.56 Å². The van der Waals surface area contributed by atoms with E-state index in [0.717, 1.165) is 31.2 Å². The lowest BCUT2D eigenvalue weighted by atomic mass is 10.1. The van der Waals surface area contributed by atoms with Crippen molar-refractivity contribution in [2.45, 2.75) is 33.7 Å². The summed E-state index contributed by atoms with van der Waals surface area (Å²) in [4.78, 5) is 4.59. The first-order chi connectivity index (χ1) is 9.65. The molecule has 0 spiro atoms. The van der Waals surface area contributed by atoms with Gasteiger partial charge in [0.05, 0.1) is 13.7 Å². The molecular formula is C16H27N3O. The summed E-state index contributed by atoms with van der Waals surface area (Å²) in [6.07, 6.45) is 1.15. The van der Waals surface area contributed by atoms with E-state index in [9.17, 15) is 0 Å². The number of guanidine groups is 1. The Kier molecular flexibility index (Phi) is 7.55. The Morgan fingerprint density at radius 1 is 1.20 bits per heavy atom. The Balaban J connectivity index is 2.51. The molecule has 0 aromatic heterocycles. The molecule has 0 atom stereocenters. The molecule has 0 bridgehead atoms. The van der Waals surface area contributed by atoms with E-state index in [-0.39, 0.29) is 0 Å². The van der Waals surface area contributed by atoms with Gasteiger partial charge >= 0.3 is 0 Å². The average molecular weight is 277 g/mol. The largest absolute Gasteiger partial charge is 0.497 e. The maximum Gasteiger partial charge on any atom is 0.191 e. The third kappa shape index (κ3) is 6.45. The van der Waals surface area contributed by atoms with Crippen molar-refractivity contribution in [1.82, 2.24) is 10.6 Å². The van der Waals surface area contributed by atoms with Gasteiger partial charge in [0.2, 0.25) is 0 Å².